The van der Waals surface area contributed by atoms with Crippen LogP contribution in [0, 0.1) is 5.92 Å². The predicted molar refractivity (Wildman–Crippen MR) is 149 cm³/mol. The fraction of sp³-hybridized carbons (Fsp3) is 0.250. The molecule has 9 nitrogen and oxygen atoms in total. The number of halogens is 1. The molecule has 11 heteroatoms. The lowest BCUT2D eigenvalue weighted by Gasteiger charge is -2.18. The van der Waals surface area contributed by atoms with Gasteiger partial charge in [0.15, 0.2) is 0 Å². The van der Waals surface area contributed by atoms with Crippen LogP contribution in [0.15, 0.2) is 53.6 Å². The molecule has 2 aromatic carbocycles. The molecule has 0 fully saturated rings. The van der Waals surface area contributed by atoms with Crippen LogP contribution in [0.1, 0.15) is 57.0 Å². The van der Waals surface area contributed by atoms with Gasteiger partial charge in [0.2, 0.25) is 0 Å². The van der Waals surface area contributed by atoms with Gasteiger partial charge in [-0.2, -0.15) is 5.10 Å². The number of hydrazone groups is 1. The van der Waals surface area contributed by atoms with E-state index < -0.39 is 23.8 Å². The second kappa shape index (κ2) is 12.7. The second-order valence-electron chi connectivity index (χ2n) is 8.90. The number of anilines is 1. The normalized spacial score (nSPS) is 14.4. The lowest BCUT2D eigenvalue weighted by atomic mass is 9.88. The van der Waals surface area contributed by atoms with E-state index in [9.17, 15) is 19.2 Å². The van der Waals surface area contributed by atoms with Gasteiger partial charge in [-0.3, -0.25) is 9.59 Å². The second-order valence-corrected chi connectivity index (χ2v) is 10.4. The van der Waals surface area contributed by atoms with Gasteiger partial charge >= 0.3 is 23.8 Å². The Bertz CT molecular complexity index is 1430. The number of hydrogen-bond donors (Lipinski definition) is 2. The van der Waals surface area contributed by atoms with E-state index in [1.54, 1.807) is 55.5 Å². The molecule has 202 valence electrons. The van der Waals surface area contributed by atoms with Crippen molar-refractivity contribution in [2.45, 2.75) is 33.1 Å². The molecule has 2 N–H and O–H groups in total. The van der Waals surface area contributed by atoms with Crippen molar-refractivity contribution >= 4 is 57.9 Å². The average molecular weight is 568 g/mol. The molecule has 3 aromatic rings. The summed E-state index contributed by atoms with van der Waals surface area (Å²) in [4.78, 5) is 51.0. The number of benzene rings is 2. The topological polar surface area (TPSA) is 123 Å². The molecule has 1 atom stereocenters. The summed E-state index contributed by atoms with van der Waals surface area (Å²) in [5, 5.41) is 7.17. The summed E-state index contributed by atoms with van der Waals surface area (Å²) in [6, 6.07) is 12.8. The van der Waals surface area contributed by atoms with Gasteiger partial charge in [0.25, 0.3) is 0 Å². The van der Waals surface area contributed by atoms with Crippen molar-refractivity contribution in [1.29, 1.82) is 0 Å². The van der Waals surface area contributed by atoms with E-state index in [4.69, 9.17) is 21.1 Å². The maximum absolute atomic E-state index is 12.6. The summed E-state index contributed by atoms with van der Waals surface area (Å²) < 4.78 is 10.6. The minimum Gasteiger partial charge on any atom is -0.462 e. The van der Waals surface area contributed by atoms with E-state index in [2.05, 4.69) is 22.8 Å². The Hall–Kier alpha value is -4.02. The fourth-order valence-electron chi connectivity index (χ4n) is 4.04. The number of hydrogen-bond acceptors (Lipinski definition) is 8. The SMILES string of the molecule is CCOC(=O)c1c(NC(=O)C(=O)NN=Cc2cccc(OC(=O)c3ccc(Cl)cc3)c2)sc2c1CCC(C)C2. The molecular formula is C28H26ClN3O6S. The monoisotopic (exact) mass is 567 g/mol. The summed E-state index contributed by atoms with van der Waals surface area (Å²) in [6.45, 7) is 4.04. The van der Waals surface area contributed by atoms with E-state index in [-0.39, 0.29) is 12.4 Å². The number of rotatable bonds is 7. The van der Waals surface area contributed by atoms with Crippen LogP contribution in [0.4, 0.5) is 5.00 Å². The van der Waals surface area contributed by atoms with Crippen molar-refractivity contribution in [2.75, 3.05) is 11.9 Å². The minimum absolute atomic E-state index is 0.198. The van der Waals surface area contributed by atoms with Crippen LogP contribution in [0.25, 0.3) is 0 Å². The standard InChI is InChI=1S/C28H26ClN3O6S/c1-3-37-28(36)23-21-12-7-16(2)13-22(21)39-26(23)31-24(33)25(34)32-30-15-17-5-4-6-20(14-17)38-27(35)18-8-10-19(29)11-9-18/h4-6,8-11,14-16H,3,7,12-13H2,1-2H3,(H,31,33)(H,32,34). The zero-order valence-corrected chi connectivity index (χ0v) is 22.9. The predicted octanol–water partition coefficient (Wildman–Crippen LogP) is 5.01. The maximum Gasteiger partial charge on any atom is 0.343 e. The van der Waals surface area contributed by atoms with Crippen molar-refractivity contribution in [2.24, 2.45) is 11.0 Å². The van der Waals surface area contributed by atoms with E-state index in [0.717, 1.165) is 23.3 Å². The Kier molecular flexibility index (Phi) is 9.11. The smallest absolute Gasteiger partial charge is 0.343 e. The van der Waals surface area contributed by atoms with Crippen molar-refractivity contribution in [1.82, 2.24) is 5.43 Å². The van der Waals surface area contributed by atoms with Gasteiger partial charge in [0, 0.05) is 9.90 Å². The number of thiophene rings is 1. The number of carbonyl (C=O) groups excluding carboxylic acids is 4. The molecule has 1 unspecified atom stereocenters. The largest absolute Gasteiger partial charge is 0.462 e. The van der Waals surface area contributed by atoms with Gasteiger partial charge in [-0.05, 0) is 79.6 Å². The van der Waals surface area contributed by atoms with Gasteiger partial charge in [-0.25, -0.2) is 15.0 Å². The zero-order chi connectivity index (χ0) is 27.9. The first kappa shape index (κ1) is 28.0. The molecule has 0 spiro atoms. The Morgan fingerprint density at radius 3 is 2.62 bits per heavy atom. The summed E-state index contributed by atoms with van der Waals surface area (Å²) in [5.41, 5.74) is 4.22. The van der Waals surface area contributed by atoms with Crippen molar-refractivity contribution in [3.05, 3.63) is 80.7 Å². The van der Waals surface area contributed by atoms with E-state index in [1.165, 1.54) is 17.6 Å². The molecule has 0 bridgehead atoms. The van der Waals surface area contributed by atoms with Crippen LogP contribution in [0.5, 0.6) is 5.75 Å². The lowest BCUT2D eigenvalue weighted by molar-refractivity contribution is -0.136. The van der Waals surface area contributed by atoms with Gasteiger partial charge in [-0.1, -0.05) is 30.7 Å². The number of amides is 2. The van der Waals surface area contributed by atoms with Crippen molar-refractivity contribution in [3.8, 4) is 5.75 Å². The van der Waals surface area contributed by atoms with Crippen LogP contribution in [0.2, 0.25) is 5.02 Å². The molecule has 1 heterocycles. The summed E-state index contributed by atoms with van der Waals surface area (Å²) in [6.07, 6.45) is 3.74. The number of carbonyl (C=O) groups is 4. The highest BCUT2D eigenvalue weighted by Crippen LogP contribution is 2.40. The molecule has 1 aliphatic carbocycles. The summed E-state index contributed by atoms with van der Waals surface area (Å²) in [7, 11) is 0. The summed E-state index contributed by atoms with van der Waals surface area (Å²) in [5.74, 6) is -2.31. The van der Waals surface area contributed by atoms with Crippen molar-refractivity contribution in [3.63, 3.8) is 0 Å². The molecule has 0 saturated heterocycles. The molecule has 0 saturated carbocycles. The molecule has 1 aromatic heterocycles. The van der Waals surface area contributed by atoms with Crippen LogP contribution in [0.3, 0.4) is 0 Å². The third kappa shape index (κ3) is 7.10. The number of esters is 2. The first-order chi connectivity index (χ1) is 18.7. The highest BCUT2D eigenvalue weighted by molar-refractivity contribution is 7.17. The van der Waals surface area contributed by atoms with Crippen molar-refractivity contribution < 1.29 is 28.7 Å². The third-order valence-corrected chi connectivity index (χ3v) is 7.37. The minimum atomic E-state index is -1.01. The van der Waals surface area contributed by atoms with Gasteiger partial charge in [0.05, 0.1) is 23.9 Å². The molecule has 4 rings (SSSR count). The number of fused-ring (bicyclic) bond motifs is 1. The third-order valence-electron chi connectivity index (χ3n) is 5.95. The quantitative estimate of drug-likeness (QED) is 0.136. The Morgan fingerprint density at radius 2 is 1.87 bits per heavy atom. The fourth-order valence-corrected chi connectivity index (χ4v) is 5.56. The van der Waals surface area contributed by atoms with Gasteiger partial charge in [0.1, 0.15) is 10.8 Å². The van der Waals surface area contributed by atoms with E-state index >= 15 is 0 Å². The highest BCUT2D eigenvalue weighted by atomic mass is 35.5. The van der Waals surface area contributed by atoms with Crippen LogP contribution >= 0.6 is 22.9 Å². The van der Waals surface area contributed by atoms with Gasteiger partial charge < -0.3 is 14.8 Å². The first-order valence-electron chi connectivity index (χ1n) is 12.3. The Labute approximate surface area is 234 Å². The highest BCUT2D eigenvalue weighted by Gasteiger charge is 2.30. The van der Waals surface area contributed by atoms with Crippen LogP contribution in [-0.4, -0.2) is 36.6 Å². The molecule has 0 radical (unpaired) electrons. The molecule has 0 aliphatic heterocycles. The Balaban J connectivity index is 1.38. The molecule has 1 aliphatic rings. The summed E-state index contributed by atoms with van der Waals surface area (Å²) >= 11 is 7.14. The molecular weight excluding hydrogens is 542 g/mol. The number of nitrogens with one attached hydrogen (secondary N) is 2. The zero-order valence-electron chi connectivity index (χ0n) is 21.3. The molecule has 2 amide bonds. The first-order valence-corrected chi connectivity index (χ1v) is 13.5. The number of ether oxygens (including phenoxy) is 2. The van der Waals surface area contributed by atoms with E-state index in [0.29, 0.717) is 39.1 Å². The molecule has 39 heavy (non-hydrogen) atoms. The van der Waals surface area contributed by atoms with E-state index in [1.807, 2.05) is 0 Å². The van der Waals surface area contributed by atoms with Gasteiger partial charge in [-0.15, -0.1) is 11.3 Å². The Morgan fingerprint density at radius 1 is 1.10 bits per heavy atom. The van der Waals surface area contributed by atoms with Crippen LogP contribution < -0.4 is 15.5 Å². The van der Waals surface area contributed by atoms with Crippen LogP contribution in [-0.2, 0) is 27.2 Å². The average Bonchev–Trinajstić information content (AvgIpc) is 3.26. The number of nitrogens with zero attached hydrogens (tertiary/aromatic N) is 1. The lowest BCUT2D eigenvalue weighted by Crippen LogP contribution is -2.32. The maximum atomic E-state index is 12.6.